The van der Waals surface area contributed by atoms with Crippen molar-refractivity contribution >= 4 is 6.03 Å². The van der Waals surface area contributed by atoms with E-state index in [9.17, 15) is 4.79 Å². The predicted octanol–water partition coefficient (Wildman–Crippen LogP) is 1.69. The molecule has 0 fully saturated rings. The van der Waals surface area contributed by atoms with E-state index >= 15 is 0 Å². The number of hydrogen-bond donors (Lipinski definition) is 2. The SMILES string of the molecule is CCNC(=O)NCc1ccccc1-n1ccnc1. The van der Waals surface area contributed by atoms with Crippen molar-refractivity contribution in [3.8, 4) is 5.69 Å². The zero-order chi connectivity index (χ0) is 12.8. The van der Waals surface area contributed by atoms with Gasteiger partial charge in [-0.3, -0.25) is 0 Å². The van der Waals surface area contributed by atoms with Crippen LogP contribution in [0.1, 0.15) is 12.5 Å². The lowest BCUT2D eigenvalue weighted by Gasteiger charge is -2.11. The molecule has 2 rings (SSSR count). The second-order valence-electron chi connectivity index (χ2n) is 3.81. The minimum Gasteiger partial charge on any atom is -0.338 e. The highest BCUT2D eigenvalue weighted by Gasteiger charge is 2.04. The molecule has 0 aliphatic rings. The number of imidazole rings is 1. The maximum atomic E-state index is 11.4. The van der Waals surface area contributed by atoms with E-state index in [0.717, 1.165) is 11.3 Å². The second-order valence-corrected chi connectivity index (χ2v) is 3.81. The number of carbonyl (C=O) groups is 1. The van der Waals surface area contributed by atoms with E-state index in [4.69, 9.17) is 0 Å². The smallest absolute Gasteiger partial charge is 0.315 e. The number of nitrogens with zero attached hydrogens (tertiary/aromatic N) is 2. The van der Waals surface area contributed by atoms with Crippen molar-refractivity contribution in [3.63, 3.8) is 0 Å². The quantitative estimate of drug-likeness (QED) is 0.859. The molecule has 5 nitrogen and oxygen atoms in total. The Kier molecular flexibility index (Phi) is 3.96. The molecular weight excluding hydrogens is 228 g/mol. The first-order valence-electron chi connectivity index (χ1n) is 5.89. The van der Waals surface area contributed by atoms with Gasteiger partial charge in [0, 0.05) is 25.5 Å². The van der Waals surface area contributed by atoms with Crippen LogP contribution >= 0.6 is 0 Å². The fourth-order valence-corrected chi connectivity index (χ4v) is 1.71. The first-order chi connectivity index (χ1) is 8.81. The molecule has 0 saturated heterocycles. The summed E-state index contributed by atoms with van der Waals surface area (Å²) in [7, 11) is 0. The molecular formula is C13H16N4O. The van der Waals surface area contributed by atoms with Crippen LogP contribution in [0.5, 0.6) is 0 Å². The van der Waals surface area contributed by atoms with Crippen molar-refractivity contribution in [2.45, 2.75) is 13.5 Å². The van der Waals surface area contributed by atoms with E-state index in [2.05, 4.69) is 15.6 Å². The van der Waals surface area contributed by atoms with Gasteiger partial charge in [-0.2, -0.15) is 0 Å². The topological polar surface area (TPSA) is 59.0 Å². The minimum absolute atomic E-state index is 0.155. The number of carbonyl (C=O) groups excluding carboxylic acids is 1. The summed E-state index contributed by atoms with van der Waals surface area (Å²) in [6.07, 6.45) is 5.35. The molecule has 2 aromatic rings. The zero-order valence-electron chi connectivity index (χ0n) is 10.3. The molecule has 0 spiro atoms. The van der Waals surface area contributed by atoms with Crippen LogP contribution in [0.2, 0.25) is 0 Å². The van der Waals surface area contributed by atoms with Crippen molar-refractivity contribution in [2.24, 2.45) is 0 Å². The molecule has 94 valence electrons. The maximum Gasteiger partial charge on any atom is 0.315 e. The molecule has 18 heavy (non-hydrogen) atoms. The van der Waals surface area contributed by atoms with Gasteiger partial charge in [0.1, 0.15) is 0 Å². The summed E-state index contributed by atoms with van der Waals surface area (Å²) in [6.45, 7) is 2.99. The minimum atomic E-state index is -0.155. The highest BCUT2D eigenvalue weighted by Crippen LogP contribution is 2.13. The second kappa shape index (κ2) is 5.86. The fraction of sp³-hybridized carbons (Fsp3) is 0.231. The van der Waals surface area contributed by atoms with Crippen LogP contribution in [0.15, 0.2) is 43.0 Å². The summed E-state index contributed by atoms with van der Waals surface area (Å²) in [6, 6.07) is 7.75. The van der Waals surface area contributed by atoms with Crippen molar-refractivity contribution in [3.05, 3.63) is 48.5 Å². The Balaban J connectivity index is 2.11. The van der Waals surface area contributed by atoms with E-state index in [1.165, 1.54) is 0 Å². The first kappa shape index (κ1) is 12.2. The lowest BCUT2D eigenvalue weighted by Crippen LogP contribution is -2.34. The maximum absolute atomic E-state index is 11.4. The van der Waals surface area contributed by atoms with Crippen LogP contribution in [-0.4, -0.2) is 22.1 Å². The molecule has 0 saturated carbocycles. The monoisotopic (exact) mass is 244 g/mol. The van der Waals surface area contributed by atoms with E-state index in [-0.39, 0.29) is 6.03 Å². The molecule has 1 aromatic heterocycles. The molecule has 2 N–H and O–H groups in total. The fourth-order valence-electron chi connectivity index (χ4n) is 1.71. The average molecular weight is 244 g/mol. The lowest BCUT2D eigenvalue weighted by molar-refractivity contribution is 0.241. The molecule has 0 radical (unpaired) electrons. The zero-order valence-corrected chi connectivity index (χ0v) is 10.3. The standard InChI is InChI=1S/C13H16N4O/c1-2-15-13(18)16-9-11-5-3-4-6-12(11)17-8-7-14-10-17/h3-8,10H,2,9H2,1H3,(H2,15,16,18). The van der Waals surface area contributed by atoms with Gasteiger partial charge in [0.15, 0.2) is 0 Å². The van der Waals surface area contributed by atoms with Crippen molar-refractivity contribution in [2.75, 3.05) is 6.54 Å². The van der Waals surface area contributed by atoms with Crippen LogP contribution in [-0.2, 0) is 6.54 Å². The van der Waals surface area contributed by atoms with E-state index < -0.39 is 0 Å². The molecule has 1 aromatic carbocycles. The van der Waals surface area contributed by atoms with E-state index in [0.29, 0.717) is 13.1 Å². The van der Waals surface area contributed by atoms with Gasteiger partial charge in [0.25, 0.3) is 0 Å². The third-order valence-corrected chi connectivity index (χ3v) is 2.55. The lowest BCUT2D eigenvalue weighted by atomic mass is 10.1. The number of amides is 2. The Hall–Kier alpha value is -2.30. The van der Waals surface area contributed by atoms with Gasteiger partial charge < -0.3 is 15.2 Å². The number of rotatable bonds is 4. The summed E-state index contributed by atoms with van der Waals surface area (Å²) in [5.41, 5.74) is 2.06. The molecule has 5 heteroatoms. The third-order valence-electron chi connectivity index (χ3n) is 2.55. The molecule has 1 heterocycles. The number of urea groups is 1. The summed E-state index contributed by atoms with van der Waals surface area (Å²) >= 11 is 0. The Morgan fingerprint density at radius 2 is 2.17 bits per heavy atom. The van der Waals surface area contributed by atoms with Gasteiger partial charge in [0.2, 0.25) is 0 Å². The van der Waals surface area contributed by atoms with Crippen molar-refractivity contribution in [1.82, 2.24) is 20.2 Å². The van der Waals surface area contributed by atoms with Gasteiger partial charge >= 0.3 is 6.03 Å². The number of aromatic nitrogens is 2. The van der Waals surface area contributed by atoms with Gasteiger partial charge in [-0.05, 0) is 18.6 Å². The van der Waals surface area contributed by atoms with Crippen LogP contribution in [0.3, 0.4) is 0 Å². The molecule has 0 aliphatic heterocycles. The van der Waals surface area contributed by atoms with Gasteiger partial charge in [-0.15, -0.1) is 0 Å². The predicted molar refractivity (Wildman–Crippen MR) is 69.5 cm³/mol. The highest BCUT2D eigenvalue weighted by atomic mass is 16.2. The number of hydrogen-bond acceptors (Lipinski definition) is 2. The third kappa shape index (κ3) is 2.88. The van der Waals surface area contributed by atoms with Crippen LogP contribution < -0.4 is 10.6 Å². The first-order valence-corrected chi connectivity index (χ1v) is 5.89. The van der Waals surface area contributed by atoms with Crippen molar-refractivity contribution in [1.29, 1.82) is 0 Å². The summed E-state index contributed by atoms with van der Waals surface area (Å²) in [5, 5.41) is 5.52. The average Bonchev–Trinajstić information content (AvgIpc) is 2.91. The van der Waals surface area contributed by atoms with Gasteiger partial charge in [0.05, 0.1) is 12.0 Å². The summed E-state index contributed by atoms with van der Waals surface area (Å²) < 4.78 is 1.93. The molecule has 2 amide bonds. The van der Waals surface area contributed by atoms with Crippen LogP contribution in [0.25, 0.3) is 5.69 Å². The molecule has 0 unspecified atom stereocenters. The van der Waals surface area contributed by atoms with E-state index in [1.807, 2.05) is 42.0 Å². The number of para-hydroxylation sites is 1. The Morgan fingerprint density at radius 1 is 1.33 bits per heavy atom. The number of nitrogens with one attached hydrogen (secondary N) is 2. The Labute approximate surface area is 106 Å². The normalized spacial score (nSPS) is 10.1. The van der Waals surface area contributed by atoms with Gasteiger partial charge in [-0.1, -0.05) is 18.2 Å². The van der Waals surface area contributed by atoms with E-state index in [1.54, 1.807) is 12.5 Å². The molecule has 0 bridgehead atoms. The van der Waals surface area contributed by atoms with Crippen LogP contribution in [0, 0.1) is 0 Å². The summed E-state index contributed by atoms with van der Waals surface area (Å²) in [5.74, 6) is 0. The van der Waals surface area contributed by atoms with Gasteiger partial charge in [-0.25, -0.2) is 9.78 Å². The Morgan fingerprint density at radius 3 is 2.89 bits per heavy atom. The largest absolute Gasteiger partial charge is 0.338 e. The number of benzene rings is 1. The summed E-state index contributed by atoms with van der Waals surface area (Å²) in [4.78, 5) is 15.4. The van der Waals surface area contributed by atoms with Crippen LogP contribution in [0.4, 0.5) is 4.79 Å². The molecule has 0 aliphatic carbocycles. The highest BCUT2D eigenvalue weighted by molar-refractivity contribution is 5.73. The Bertz CT molecular complexity index is 507. The molecule has 0 atom stereocenters. The van der Waals surface area contributed by atoms with Crippen molar-refractivity contribution < 1.29 is 4.79 Å².